The number of carbonyl (C=O) groups is 1. The minimum absolute atomic E-state index is 0.0834. The Morgan fingerprint density at radius 1 is 1.30 bits per heavy atom. The Morgan fingerprint density at radius 2 is 2.00 bits per heavy atom. The van der Waals surface area contributed by atoms with Gasteiger partial charge in [0.25, 0.3) is 5.69 Å². The molecule has 1 aliphatic carbocycles. The second kappa shape index (κ2) is 6.97. The molecule has 1 aromatic rings. The third-order valence-corrected chi connectivity index (χ3v) is 4.04. The number of alkyl halides is 3. The summed E-state index contributed by atoms with van der Waals surface area (Å²) in [6.07, 6.45) is -3.62. The molecule has 0 spiro atoms. The summed E-state index contributed by atoms with van der Waals surface area (Å²) in [6, 6.07) is 5.30. The number of amides is 1. The lowest BCUT2D eigenvalue weighted by Gasteiger charge is -2.31. The number of nitro groups is 1. The molecular weight excluding hydrogens is 313 g/mol. The molecule has 23 heavy (non-hydrogen) atoms. The molecule has 126 valence electrons. The lowest BCUT2D eigenvalue weighted by Crippen LogP contribution is -2.42. The monoisotopic (exact) mass is 330 g/mol. The van der Waals surface area contributed by atoms with Crippen LogP contribution in [-0.2, 0) is 11.2 Å². The standard InChI is InChI=1S/C15H17F3N2O3/c16-15(17,18)11-5-3-6-12(9-11)19-14(21)8-10-4-1-2-7-13(10)20(22)23/h1-2,4,7,11-12H,3,5-6,8-9H2,(H,19,21)/t11-,12+/m0/s1. The molecule has 5 nitrogen and oxygen atoms in total. The van der Waals surface area contributed by atoms with E-state index in [0.29, 0.717) is 12.8 Å². The number of hydrogen-bond donors (Lipinski definition) is 1. The van der Waals surface area contributed by atoms with Crippen molar-refractivity contribution in [3.05, 3.63) is 39.9 Å². The molecule has 1 saturated carbocycles. The van der Waals surface area contributed by atoms with Crippen LogP contribution in [0.4, 0.5) is 18.9 Å². The van der Waals surface area contributed by atoms with Gasteiger partial charge < -0.3 is 5.32 Å². The Labute approximate surface area is 131 Å². The molecule has 2 rings (SSSR count). The van der Waals surface area contributed by atoms with Crippen molar-refractivity contribution in [1.29, 1.82) is 0 Å². The maximum atomic E-state index is 12.8. The van der Waals surface area contributed by atoms with E-state index < -0.39 is 29.0 Å². The minimum atomic E-state index is -4.25. The van der Waals surface area contributed by atoms with E-state index in [1.54, 1.807) is 6.07 Å². The number of benzene rings is 1. The molecule has 0 heterocycles. The second-order valence-corrected chi connectivity index (χ2v) is 5.73. The maximum absolute atomic E-state index is 12.8. The molecule has 0 bridgehead atoms. The Morgan fingerprint density at radius 3 is 2.65 bits per heavy atom. The molecular formula is C15H17F3N2O3. The number of nitro benzene ring substituents is 1. The van der Waals surface area contributed by atoms with Crippen LogP contribution < -0.4 is 5.32 Å². The first-order valence-electron chi connectivity index (χ1n) is 7.35. The van der Waals surface area contributed by atoms with Gasteiger partial charge in [0, 0.05) is 17.7 Å². The van der Waals surface area contributed by atoms with Gasteiger partial charge in [-0.3, -0.25) is 14.9 Å². The van der Waals surface area contributed by atoms with Gasteiger partial charge in [-0.05, 0) is 19.3 Å². The van der Waals surface area contributed by atoms with Gasteiger partial charge in [-0.2, -0.15) is 13.2 Å². The highest BCUT2D eigenvalue weighted by Crippen LogP contribution is 2.37. The Kier molecular flexibility index (Phi) is 5.23. The molecule has 0 aromatic heterocycles. The van der Waals surface area contributed by atoms with E-state index in [9.17, 15) is 28.1 Å². The highest BCUT2D eigenvalue weighted by Gasteiger charge is 2.42. The summed E-state index contributed by atoms with van der Waals surface area (Å²) < 4.78 is 38.3. The molecule has 0 unspecified atom stereocenters. The normalized spacial score (nSPS) is 21.7. The highest BCUT2D eigenvalue weighted by atomic mass is 19.4. The van der Waals surface area contributed by atoms with Crippen molar-refractivity contribution in [2.75, 3.05) is 0 Å². The topological polar surface area (TPSA) is 72.2 Å². The SMILES string of the molecule is O=C(Cc1ccccc1[N+](=O)[O-])N[C@@H]1CCC[C@H](C(F)(F)F)C1. The van der Waals surface area contributed by atoms with Gasteiger partial charge >= 0.3 is 6.18 Å². The smallest absolute Gasteiger partial charge is 0.353 e. The van der Waals surface area contributed by atoms with Crippen LogP contribution >= 0.6 is 0 Å². The van der Waals surface area contributed by atoms with E-state index in [2.05, 4.69) is 5.32 Å². The van der Waals surface area contributed by atoms with Gasteiger partial charge in [-0.15, -0.1) is 0 Å². The number of hydrogen-bond acceptors (Lipinski definition) is 3. The van der Waals surface area contributed by atoms with Gasteiger partial charge in [0.05, 0.1) is 17.3 Å². The second-order valence-electron chi connectivity index (χ2n) is 5.73. The van der Waals surface area contributed by atoms with Crippen LogP contribution in [0, 0.1) is 16.0 Å². The zero-order valence-corrected chi connectivity index (χ0v) is 12.3. The van der Waals surface area contributed by atoms with Crippen molar-refractivity contribution in [2.45, 2.75) is 44.3 Å². The van der Waals surface area contributed by atoms with Gasteiger partial charge in [-0.25, -0.2) is 0 Å². The summed E-state index contributed by atoms with van der Waals surface area (Å²) >= 11 is 0. The predicted octanol–water partition coefficient (Wildman–Crippen LogP) is 3.37. The average Bonchev–Trinajstić information content (AvgIpc) is 2.46. The molecule has 1 aliphatic rings. The Bertz CT molecular complexity index is 590. The van der Waals surface area contributed by atoms with Crippen LogP contribution in [0.25, 0.3) is 0 Å². The van der Waals surface area contributed by atoms with E-state index in [1.165, 1.54) is 18.2 Å². The number of nitrogens with zero attached hydrogens (tertiary/aromatic N) is 1. The first kappa shape index (κ1) is 17.2. The van der Waals surface area contributed by atoms with Crippen LogP contribution in [0.1, 0.15) is 31.2 Å². The van der Waals surface area contributed by atoms with Crippen LogP contribution in [0.15, 0.2) is 24.3 Å². The fourth-order valence-electron chi connectivity index (χ4n) is 2.91. The number of nitrogens with one attached hydrogen (secondary N) is 1. The first-order chi connectivity index (χ1) is 10.8. The van der Waals surface area contributed by atoms with Crippen LogP contribution in [0.2, 0.25) is 0 Å². The van der Waals surface area contributed by atoms with Crippen molar-refractivity contribution in [3.63, 3.8) is 0 Å². The number of rotatable bonds is 4. The van der Waals surface area contributed by atoms with E-state index in [1.807, 2.05) is 0 Å². The summed E-state index contributed by atoms with van der Waals surface area (Å²) in [6.45, 7) is 0. The lowest BCUT2D eigenvalue weighted by atomic mass is 9.85. The van der Waals surface area contributed by atoms with Crippen molar-refractivity contribution in [3.8, 4) is 0 Å². The van der Waals surface area contributed by atoms with Gasteiger partial charge in [0.15, 0.2) is 0 Å². The molecule has 0 saturated heterocycles. The van der Waals surface area contributed by atoms with E-state index >= 15 is 0 Å². The van der Waals surface area contributed by atoms with Crippen LogP contribution in [-0.4, -0.2) is 23.0 Å². The molecule has 1 amide bonds. The average molecular weight is 330 g/mol. The van der Waals surface area contributed by atoms with Crippen LogP contribution in [0.3, 0.4) is 0 Å². The summed E-state index contributed by atoms with van der Waals surface area (Å²) in [5.74, 6) is -1.89. The van der Waals surface area contributed by atoms with Gasteiger partial charge in [0.2, 0.25) is 5.91 Å². The Balaban J connectivity index is 1.96. The largest absolute Gasteiger partial charge is 0.391 e. The maximum Gasteiger partial charge on any atom is 0.391 e. The van der Waals surface area contributed by atoms with Crippen molar-refractivity contribution in [1.82, 2.24) is 5.32 Å². The number of halogens is 3. The zero-order chi connectivity index (χ0) is 17.0. The quantitative estimate of drug-likeness (QED) is 0.679. The fraction of sp³-hybridized carbons (Fsp3) is 0.533. The molecule has 2 atom stereocenters. The summed E-state index contributed by atoms with van der Waals surface area (Å²) in [7, 11) is 0. The van der Waals surface area contributed by atoms with E-state index in [4.69, 9.17) is 0 Å². The third kappa shape index (κ3) is 4.67. The van der Waals surface area contributed by atoms with Gasteiger partial charge in [-0.1, -0.05) is 24.6 Å². The van der Waals surface area contributed by atoms with E-state index in [-0.39, 0.29) is 30.5 Å². The third-order valence-electron chi connectivity index (χ3n) is 4.04. The van der Waals surface area contributed by atoms with Gasteiger partial charge in [0.1, 0.15) is 0 Å². The summed E-state index contributed by atoms with van der Waals surface area (Å²) in [4.78, 5) is 22.3. The number of para-hydroxylation sites is 1. The Hall–Kier alpha value is -2.12. The predicted molar refractivity (Wildman–Crippen MR) is 76.7 cm³/mol. The highest BCUT2D eigenvalue weighted by molar-refractivity contribution is 5.80. The molecule has 1 fully saturated rings. The summed E-state index contributed by atoms with van der Waals surface area (Å²) in [5, 5.41) is 13.5. The molecule has 8 heteroatoms. The molecule has 0 radical (unpaired) electrons. The molecule has 1 aromatic carbocycles. The van der Waals surface area contributed by atoms with Crippen molar-refractivity contribution >= 4 is 11.6 Å². The van der Waals surface area contributed by atoms with Crippen LogP contribution in [0.5, 0.6) is 0 Å². The van der Waals surface area contributed by atoms with Crippen molar-refractivity contribution < 1.29 is 22.9 Å². The van der Waals surface area contributed by atoms with E-state index in [0.717, 1.165) is 0 Å². The fourth-order valence-corrected chi connectivity index (χ4v) is 2.91. The lowest BCUT2D eigenvalue weighted by molar-refractivity contribution is -0.385. The first-order valence-corrected chi connectivity index (χ1v) is 7.35. The molecule has 0 aliphatic heterocycles. The number of carbonyl (C=O) groups excluding carboxylic acids is 1. The van der Waals surface area contributed by atoms with Crippen molar-refractivity contribution in [2.24, 2.45) is 5.92 Å². The molecule has 1 N–H and O–H groups in total. The zero-order valence-electron chi connectivity index (χ0n) is 12.3. The minimum Gasteiger partial charge on any atom is -0.353 e. The summed E-state index contributed by atoms with van der Waals surface area (Å²) in [5.41, 5.74) is 0.0812.